The van der Waals surface area contributed by atoms with Crippen molar-refractivity contribution < 1.29 is 4.74 Å². The molecular formula is C14H19N3O. The molecule has 0 saturated heterocycles. The maximum Gasteiger partial charge on any atom is 0.166 e. The molecule has 0 radical (unpaired) electrons. The molecule has 0 fully saturated rings. The van der Waals surface area contributed by atoms with Crippen LogP contribution in [-0.4, -0.2) is 21.4 Å². The van der Waals surface area contributed by atoms with Crippen molar-refractivity contribution in [3.63, 3.8) is 0 Å². The molecule has 96 valence electrons. The van der Waals surface area contributed by atoms with Gasteiger partial charge in [-0.15, -0.1) is 10.2 Å². The highest BCUT2D eigenvalue weighted by atomic mass is 16.5. The first kappa shape index (κ1) is 12.8. The summed E-state index contributed by atoms with van der Waals surface area (Å²) in [6.45, 7) is 6.85. The molecule has 0 saturated carbocycles. The first-order valence-corrected chi connectivity index (χ1v) is 6.34. The monoisotopic (exact) mass is 245 g/mol. The Kier molecular flexibility index (Phi) is 4.10. The van der Waals surface area contributed by atoms with E-state index in [0.717, 1.165) is 17.9 Å². The van der Waals surface area contributed by atoms with Crippen LogP contribution in [0.15, 0.2) is 30.6 Å². The molecule has 0 amide bonds. The van der Waals surface area contributed by atoms with Gasteiger partial charge in [-0.3, -0.25) is 4.57 Å². The topological polar surface area (TPSA) is 39.9 Å². The van der Waals surface area contributed by atoms with Gasteiger partial charge in [0.05, 0.1) is 0 Å². The van der Waals surface area contributed by atoms with Gasteiger partial charge in [0.1, 0.15) is 12.4 Å². The summed E-state index contributed by atoms with van der Waals surface area (Å²) in [5, 5.41) is 8.21. The van der Waals surface area contributed by atoms with Crippen LogP contribution in [0.2, 0.25) is 0 Å². The van der Waals surface area contributed by atoms with Crippen molar-refractivity contribution in [1.29, 1.82) is 0 Å². The average molecular weight is 245 g/mol. The molecule has 0 aliphatic heterocycles. The lowest BCUT2D eigenvalue weighted by atomic mass is 10.2. The molecule has 1 aromatic heterocycles. The molecule has 1 aromatic carbocycles. The van der Waals surface area contributed by atoms with Crippen LogP contribution in [0.4, 0.5) is 0 Å². The van der Waals surface area contributed by atoms with Crippen LogP contribution in [-0.2, 0) is 4.74 Å². The molecular weight excluding hydrogens is 226 g/mol. The van der Waals surface area contributed by atoms with Crippen LogP contribution in [0, 0.1) is 6.92 Å². The van der Waals surface area contributed by atoms with Crippen molar-refractivity contribution in [2.75, 3.05) is 6.61 Å². The van der Waals surface area contributed by atoms with Gasteiger partial charge >= 0.3 is 0 Å². The van der Waals surface area contributed by atoms with Gasteiger partial charge in [-0.2, -0.15) is 0 Å². The zero-order valence-electron chi connectivity index (χ0n) is 11.1. The number of hydrogen-bond donors (Lipinski definition) is 0. The molecule has 1 atom stereocenters. The average Bonchev–Trinajstić information content (AvgIpc) is 2.85. The zero-order chi connectivity index (χ0) is 13.0. The second kappa shape index (κ2) is 5.78. The molecule has 18 heavy (non-hydrogen) atoms. The van der Waals surface area contributed by atoms with Crippen LogP contribution in [0.1, 0.15) is 37.8 Å². The first-order chi connectivity index (χ1) is 8.76. The lowest BCUT2D eigenvalue weighted by molar-refractivity contribution is 0.0522. The first-order valence-electron chi connectivity index (χ1n) is 6.34. The van der Waals surface area contributed by atoms with Crippen molar-refractivity contribution in [2.24, 2.45) is 0 Å². The second-order valence-electron chi connectivity index (χ2n) is 4.25. The highest BCUT2D eigenvalue weighted by Crippen LogP contribution is 2.22. The van der Waals surface area contributed by atoms with E-state index in [-0.39, 0.29) is 6.10 Å². The SMILES string of the molecule is CCO[C@H](CC)c1nncn1-c1cccc(C)c1. The van der Waals surface area contributed by atoms with Gasteiger partial charge in [0, 0.05) is 12.3 Å². The van der Waals surface area contributed by atoms with Gasteiger partial charge in [-0.25, -0.2) is 0 Å². The predicted molar refractivity (Wildman–Crippen MR) is 70.8 cm³/mol. The quantitative estimate of drug-likeness (QED) is 0.812. The number of rotatable bonds is 5. The Balaban J connectivity index is 2.38. The lowest BCUT2D eigenvalue weighted by Gasteiger charge is -2.15. The molecule has 0 bridgehead atoms. The van der Waals surface area contributed by atoms with E-state index in [9.17, 15) is 0 Å². The van der Waals surface area contributed by atoms with Crippen LogP contribution < -0.4 is 0 Å². The Labute approximate surface area is 108 Å². The molecule has 0 spiro atoms. The Morgan fingerprint density at radius 2 is 2.17 bits per heavy atom. The number of aryl methyl sites for hydroxylation is 1. The van der Waals surface area contributed by atoms with Crippen LogP contribution in [0.5, 0.6) is 0 Å². The fourth-order valence-corrected chi connectivity index (χ4v) is 2.02. The summed E-state index contributed by atoms with van der Waals surface area (Å²) in [4.78, 5) is 0. The van der Waals surface area contributed by atoms with E-state index in [4.69, 9.17) is 4.74 Å². The summed E-state index contributed by atoms with van der Waals surface area (Å²) in [5.74, 6) is 0.866. The van der Waals surface area contributed by atoms with Gasteiger partial charge < -0.3 is 4.74 Å². The minimum Gasteiger partial charge on any atom is -0.370 e. The van der Waals surface area contributed by atoms with E-state index in [1.807, 2.05) is 17.6 Å². The second-order valence-corrected chi connectivity index (χ2v) is 4.25. The highest BCUT2D eigenvalue weighted by Gasteiger charge is 2.17. The van der Waals surface area contributed by atoms with Crippen molar-refractivity contribution in [3.8, 4) is 5.69 Å². The van der Waals surface area contributed by atoms with Crippen molar-refractivity contribution in [1.82, 2.24) is 14.8 Å². The van der Waals surface area contributed by atoms with Gasteiger partial charge in [-0.05, 0) is 38.0 Å². The van der Waals surface area contributed by atoms with Gasteiger partial charge in [-0.1, -0.05) is 19.1 Å². The van der Waals surface area contributed by atoms with E-state index in [2.05, 4.69) is 42.2 Å². The van der Waals surface area contributed by atoms with Gasteiger partial charge in [0.15, 0.2) is 5.82 Å². The maximum atomic E-state index is 5.70. The third kappa shape index (κ3) is 2.59. The van der Waals surface area contributed by atoms with E-state index in [0.29, 0.717) is 6.61 Å². The van der Waals surface area contributed by atoms with Crippen molar-refractivity contribution in [2.45, 2.75) is 33.3 Å². The van der Waals surface area contributed by atoms with Gasteiger partial charge in [0.25, 0.3) is 0 Å². The van der Waals surface area contributed by atoms with Crippen molar-refractivity contribution >= 4 is 0 Å². The minimum absolute atomic E-state index is 0.00184. The van der Waals surface area contributed by atoms with Crippen LogP contribution in [0.3, 0.4) is 0 Å². The third-order valence-corrected chi connectivity index (χ3v) is 2.88. The molecule has 0 aliphatic rings. The standard InChI is InChI=1S/C14H19N3O/c1-4-13(18-5-2)14-16-15-10-17(14)12-8-6-7-11(3)9-12/h6-10,13H,4-5H2,1-3H3/t13-/m1/s1. The van der Waals surface area contributed by atoms with Crippen LogP contribution >= 0.6 is 0 Å². The molecule has 0 unspecified atom stereocenters. The largest absolute Gasteiger partial charge is 0.370 e. The normalized spacial score (nSPS) is 12.6. The number of hydrogen-bond acceptors (Lipinski definition) is 3. The predicted octanol–water partition coefficient (Wildman–Crippen LogP) is 3.06. The third-order valence-electron chi connectivity index (χ3n) is 2.88. The van der Waals surface area contributed by atoms with E-state index in [1.165, 1.54) is 5.56 Å². The minimum atomic E-state index is -0.00184. The molecule has 0 N–H and O–H groups in total. The summed E-state index contributed by atoms with van der Waals surface area (Å²) in [6.07, 6.45) is 2.63. The highest BCUT2D eigenvalue weighted by molar-refractivity contribution is 5.36. The summed E-state index contributed by atoms with van der Waals surface area (Å²) in [7, 11) is 0. The van der Waals surface area contributed by atoms with E-state index >= 15 is 0 Å². The Hall–Kier alpha value is -1.68. The smallest absolute Gasteiger partial charge is 0.166 e. The Morgan fingerprint density at radius 3 is 2.83 bits per heavy atom. The number of nitrogens with zero attached hydrogens (tertiary/aromatic N) is 3. The summed E-state index contributed by atoms with van der Waals surface area (Å²) in [6, 6.07) is 8.29. The maximum absolute atomic E-state index is 5.70. The molecule has 4 nitrogen and oxygen atoms in total. The summed E-state index contributed by atoms with van der Waals surface area (Å²) in [5.41, 5.74) is 2.30. The molecule has 1 heterocycles. The molecule has 0 aliphatic carbocycles. The summed E-state index contributed by atoms with van der Waals surface area (Å²) >= 11 is 0. The molecule has 4 heteroatoms. The fraction of sp³-hybridized carbons (Fsp3) is 0.429. The number of ether oxygens (including phenoxy) is 1. The number of benzene rings is 1. The Morgan fingerprint density at radius 1 is 1.33 bits per heavy atom. The van der Waals surface area contributed by atoms with Gasteiger partial charge in [0.2, 0.25) is 0 Å². The molecule has 2 aromatic rings. The molecule has 2 rings (SSSR count). The fourth-order valence-electron chi connectivity index (χ4n) is 2.02. The van der Waals surface area contributed by atoms with Crippen molar-refractivity contribution in [3.05, 3.63) is 42.0 Å². The van der Waals surface area contributed by atoms with E-state index in [1.54, 1.807) is 6.33 Å². The number of aromatic nitrogens is 3. The van der Waals surface area contributed by atoms with E-state index < -0.39 is 0 Å². The Bertz CT molecular complexity index is 507. The van der Waals surface area contributed by atoms with Crippen LogP contribution in [0.25, 0.3) is 5.69 Å². The summed E-state index contributed by atoms with van der Waals surface area (Å²) < 4.78 is 7.70. The zero-order valence-corrected chi connectivity index (χ0v) is 11.1. The lowest BCUT2D eigenvalue weighted by Crippen LogP contribution is -2.10.